The molecular formula is C12H18Cl2N4O. The molecule has 7 heteroatoms. The summed E-state index contributed by atoms with van der Waals surface area (Å²) in [5, 5.41) is 11.1. The van der Waals surface area contributed by atoms with E-state index in [9.17, 15) is 0 Å². The zero-order chi connectivity index (χ0) is 13.7. The molecule has 5 nitrogen and oxygen atoms in total. The molecule has 0 atom stereocenters. The fraction of sp³-hybridized carbons (Fsp3) is 0.667. The zero-order valence-corrected chi connectivity index (χ0v) is 12.1. The Morgan fingerprint density at radius 2 is 2.00 bits per heavy atom. The van der Waals surface area contributed by atoms with Gasteiger partial charge in [0.25, 0.3) is 0 Å². The van der Waals surface area contributed by atoms with Gasteiger partial charge in [-0.25, -0.2) is 0 Å². The van der Waals surface area contributed by atoms with E-state index < -0.39 is 0 Å². The summed E-state index contributed by atoms with van der Waals surface area (Å²) in [4.78, 5) is 0. The lowest BCUT2D eigenvalue weighted by Crippen LogP contribution is -2.31. The minimum absolute atomic E-state index is 0.313. The van der Waals surface area contributed by atoms with Crippen LogP contribution >= 0.6 is 23.2 Å². The molecule has 106 valence electrons. The van der Waals surface area contributed by atoms with Gasteiger partial charge in [0.05, 0.1) is 18.4 Å². The molecule has 0 bridgehead atoms. The van der Waals surface area contributed by atoms with Crippen molar-refractivity contribution in [1.82, 2.24) is 10.2 Å². The monoisotopic (exact) mass is 304 g/mol. The molecule has 0 saturated heterocycles. The molecule has 0 unspecified atom stereocenters. The molecule has 3 N–H and O–H groups in total. The van der Waals surface area contributed by atoms with Crippen LogP contribution < -0.4 is 11.1 Å². The number of hydrogen-bond acceptors (Lipinski definition) is 5. The summed E-state index contributed by atoms with van der Waals surface area (Å²) in [6.07, 6.45) is 4.52. The fourth-order valence-corrected chi connectivity index (χ4v) is 2.45. The van der Waals surface area contributed by atoms with Gasteiger partial charge in [-0.1, -0.05) is 23.2 Å². The summed E-state index contributed by atoms with van der Waals surface area (Å²) in [5.74, 6) is 0. The molecule has 1 aliphatic carbocycles. The summed E-state index contributed by atoms with van der Waals surface area (Å²) >= 11 is 11.6. The molecule has 0 spiro atoms. The Hall–Kier alpha value is -0.620. The highest BCUT2D eigenvalue weighted by molar-refractivity contribution is 6.33. The van der Waals surface area contributed by atoms with Gasteiger partial charge in [0.15, 0.2) is 10.3 Å². The Balaban J connectivity index is 1.68. The Kier molecular flexibility index (Phi) is 5.63. The lowest BCUT2D eigenvalue weighted by Gasteiger charge is -2.26. The minimum atomic E-state index is 0.313. The van der Waals surface area contributed by atoms with E-state index in [1.54, 1.807) is 6.07 Å². The Morgan fingerprint density at radius 1 is 1.26 bits per heavy atom. The summed E-state index contributed by atoms with van der Waals surface area (Å²) in [6, 6.07) is 2.00. The van der Waals surface area contributed by atoms with E-state index in [1.807, 2.05) is 0 Å². The number of aromatic nitrogens is 2. The van der Waals surface area contributed by atoms with Gasteiger partial charge >= 0.3 is 0 Å². The van der Waals surface area contributed by atoms with Gasteiger partial charge in [-0.15, -0.1) is 10.2 Å². The summed E-state index contributed by atoms with van der Waals surface area (Å²) in [5.41, 5.74) is 6.53. The van der Waals surface area contributed by atoms with Crippen molar-refractivity contribution in [2.45, 2.75) is 37.8 Å². The van der Waals surface area contributed by atoms with Crippen LogP contribution in [0.25, 0.3) is 0 Å². The lowest BCUT2D eigenvalue weighted by molar-refractivity contribution is 0.0313. The number of halogens is 2. The van der Waals surface area contributed by atoms with Gasteiger partial charge < -0.3 is 15.8 Å². The molecule has 0 aromatic carbocycles. The molecule has 1 aromatic heterocycles. The molecule has 1 saturated carbocycles. The third-order valence-electron chi connectivity index (χ3n) is 3.21. The van der Waals surface area contributed by atoms with E-state index in [-0.39, 0.29) is 0 Å². The molecule has 19 heavy (non-hydrogen) atoms. The number of anilines is 1. The number of nitrogens with two attached hydrogens (primary N) is 1. The quantitative estimate of drug-likeness (QED) is 0.818. The highest BCUT2D eigenvalue weighted by Crippen LogP contribution is 2.21. The average molecular weight is 305 g/mol. The number of rotatable bonds is 5. The maximum Gasteiger partial charge on any atom is 0.174 e. The van der Waals surface area contributed by atoms with Gasteiger partial charge in [-0.3, -0.25) is 0 Å². The van der Waals surface area contributed by atoms with Crippen molar-refractivity contribution in [3.8, 4) is 0 Å². The second kappa shape index (κ2) is 7.24. The number of ether oxygens (including phenoxy) is 1. The van der Waals surface area contributed by atoms with Gasteiger partial charge in [0.2, 0.25) is 0 Å². The predicted octanol–water partition coefficient (Wildman–Crippen LogP) is 2.48. The fourth-order valence-electron chi connectivity index (χ4n) is 2.14. The maximum absolute atomic E-state index is 5.89. The predicted molar refractivity (Wildman–Crippen MR) is 76.7 cm³/mol. The van der Waals surface area contributed by atoms with Crippen molar-refractivity contribution in [3.05, 3.63) is 16.4 Å². The normalized spacial score (nSPS) is 23.3. The molecular weight excluding hydrogens is 287 g/mol. The SMILES string of the molecule is NC1CCC(OCCNc2cc(Cl)nnc2Cl)CC1. The van der Waals surface area contributed by atoms with Crippen molar-refractivity contribution in [1.29, 1.82) is 0 Å². The van der Waals surface area contributed by atoms with E-state index >= 15 is 0 Å². The van der Waals surface area contributed by atoms with E-state index in [4.69, 9.17) is 33.7 Å². The third-order valence-corrected chi connectivity index (χ3v) is 3.67. The van der Waals surface area contributed by atoms with Crippen LogP contribution in [-0.4, -0.2) is 35.5 Å². The van der Waals surface area contributed by atoms with Crippen LogP contribution in [0.2, 0.25) is 10.3 Å². The van der Waals surface area contributed by atoms with Crippen molar-refractivity contribution >= 4 is 28.9 Å². The molecule has 2 rings (SSSR count). The molecule has 0 aliphatic heterocycles. The Morgan fingerprint density at radius 3 is 2.74 bits per heavy atom. The van der Waals surface area contributed by atoms with E-state index in [1.165, 1.54) is 0 Å². The van der Waals surface area contributed by atoms with E-state index in [0.717, 1.165) is 25.7 Å². The first-order valence-corrected chi connectivity index (χ1v) is 7.20. The highest BCUT2D eigenvalue weighted by Gasteiger charge is 2.18. The van der Waals surface area contributed by atoms with Crippen molar-refractivity contribution < 1.29 is 4.74 Å². The highest BCUT2D eigenvalue weighted by atomic mass is 35.5. The van der Waals surface area contributed by atoms with Gasteiger partial charge in [0, 0.05) is 18.7 Å². The smallest absolute Gasteiger partial charge is 0.174 e. The van der Waals surface area contributed by atoms with Gasteiger partial charge in [-0.2, -0.15) is 0 Å². The van der Waals surface area contributed by atoms with E-state index in [2.05, 4.69) is 15.5 Å². The number of nitrogens with zero attached hydrogens (tertiary/aromatic N) is 2. The van der Waals surface area contributed by atoms with Crippen molar-refractivity contribution in [3.63, 3.8) is 0 Å². The number of nitrogens with one attached hydrogen (secondary N) is 1. The van der Waals surface area contributed by atoms with Crippen LogP contribution in [-0.2, 0) is 4.74 Å². The Labute approximate surface area is 122 Å². The minimum Gasteiger partial charge on any atom is -0.380 e. The summed E-state index contributed by atoms with van der Waals surface area (Å²) in [7, 11) is 0. The van der Waals surface area contributed by atoms with E-state index in [0.29, 0.717) is 41.3 Å². The maximum atomic E-state index is 5.89. The average Bonchev–Trinajstić information content (AvgIpc) is 2.40. The number of hydrogen-bond donors (Lipinski definition) is 2. The van der Waals surface area contributed by atoms with Crippen LogP contribution in [0.3, 0.4) is 0 Å². The van der Waals surface area contributed by atoms with Crippen LogP contribution in [0.4, 0.5) is 5.69 Å². The Bertz CT molecular complexity index is 411. The first-order valence-electron chi connectivity index (χ1n) is 6.45. The topological polar surface area (TPSA) is 73.1 Å². The lowest BCUT2D eigenvalue weighted by atomic mass is 9.94. The second-order valence-electron chi connectivity index (χ2n) is 4.71. The van der Waals surface area contributed by atoms with Crippen LogP contribution in [0, 0.1) is 0 Å². The standard InChI is InChI=1S/C12H18Cl2N4O/c13-11-7-10(12(14)18-17-11)16-5-6-19-9-3-1-8(15)2-4-9/h7-9H,1-6,15H2,(H,16,17). The van der Waals surface area contributed by atoms with Crippen LogP contribution in [0.1, 0.15) is 25.7 Å². The molecule has 0 amide bonds. The first-order chi connectivity index (χ1) is 9.15. The third kappa shape index (κ3) is 4.76. The van der Waals surface area contributed by atoms with Crippen LogP contribution in [0.5, 0.6) is 0 Å². The van der Waals surface area contributed by atoms with Gasteiger partial charge in [-0.05, 0) is 25.7 Å². The van der Waals surface area contributed by atoms with Crippen molar-refractivity contribution in [2.75, 3.05) is 18.5 Å². The summed E-state index contributed by atoms with van der Waals surface area (Å²) in [6.45, 7) is 1.28. The first kappa shape index (κ1) is 14.8. The second-order valence-corrected chi connectivity index (χ2v) is 5.45. The molecule has 1 aromatic rings. The van der Waals surface area contributed by atoms with Gasteiger partial charge in [0.1, 0.15) is 0 Å². The van der Waals surface area contributed by atoms with Crippen LogP contribution in [0.15, 0.2) is 6.07 Å². The molecule has 1 aliphatic rings. The molecule has 1 fully saturated rings. The molecule has 1 heterocycles. The van der Waals surface area contributed by atoms with Crippen molar-refractivity contribution in [2.24, 2.45) is 5.73 Å². The zero-order valence-electron chi connectivity index (χ0n) is 10.6. The largest absolute Gasteiger partial charge is 0.380 e. The summed E-state index contributed by atoms with van der Waals surface area (Å²) < 4.78 is 5.79. The molecule has 0 radical (unpaired) electrons.